The number of nitrogens with zero attached hydrogens (tertiary/aromatic N) is 2. The van der Waals surface area contributed by atoms with E-state index < -0.39 is 0 Å². The second-order valence-corrected chi connectivity index (χ2v) is 7.29. The quantitative estimate of drug-likeness (QED) is 0.821. The maximum absolute atomic E-state index is 13.8. The molecule has 1 aromatic carbocycles. The fraction of sp³-hybridized carbons (Fsp3) is 0.421. The van der Waals surface area contributed by atoms with Crippen molar-refractivity contribution in [2.75, 3.05) is 20.1 Å². The first-order valence-corrected chi connectivity index (χ1v) is 9.25. The number of rotatable bonds is 5. The fourth-order valence-electron chi connectivity index (χ4n) is 3.38. The first kappa shape index (κ1) is 17.1. The van der Waals surface area contributed by atoms with E-state index >= 15 is 0 Å². The van der Waals surface area contributed by atoms with Crippen molar-refractivity contribution in [3.05, 3.63) is 57.5 Å². The Hall–Kier alpha value is -1.72. The molecule has 0 N–H and O–H groups in total. The summed E-state index contributed by atoms with van der Waals surface area (Å²) in [7, 11) is 1.75. The molecule has 2 aromatic rings. The SMILES string of the molecule is CCC1c2ccsc2CCN1CC(=O)N(C)Cc1ccccc1F. The van der Waals surface area contributed by atoms with E-state index in [0.29, 0.717) is 24.7 Å². The fourth-order valence-corrected chi connectivity index (χ4v) is 4.31. The molecule has 0 saturated carbocycles. The number of hydrogen-bond donors (Lipinski definition) is 0. The van der Waals surface area contributed by atoms with Gasteiger partial charge in [0.1, 0.15) is 5.82 Å². The Labute approximate surface area is 146 Å². The van der Waals surface area contributed by atoms with Crippen molar-refractivity contribution >= 4 is 17.2 Å². The standard InChI is InChI=1S/C19H23FN2OS/c1-3-17-15-9-11-24-18(15)8-10-22(17)13-19(23)21(2)12-14-6-4-5-7-16(14)20/h4-7,9,11,17H,3,8,10,12-13H2,1-2H3. The number of thiophene rings is 1. The molecule has 0 bridgehead atoms. The highest BCUT2D eigenvalue weighted by atomic mass is 32.1. The summed E-state index contributed by atoms with van der Waals surface area (Å²) in [5, 5.41) is 2.14. The topological polar surface area (TPSA) is 23.6 Å². The maximum Gasteiger partial charge on any atom is 0.236 e. The van der Waals surface area contributed by atoms with Crippen LogP contribution in [0.25, 0.3) is 0 Å². The van der Waals surface area contributed by atoms with E-state index in [2.05, 4.69) is 23.3 Å². The van der Waals surface area contributed by atoms with Crippen molar-refractivity contribution in [1.29, 1.82) is 0 Å². The number of likely N-dealkylation sites (N-methyl/N-ethyl adjacent to an activating group) is 1. The summed E-state index contributed by atoms with van der Waals surface area (Å²) in [6.45, 7) is 3.77. The molecular formula is C19H23FN2OS. The van der Waals surface area contributed by atoms with E-state index in [4.69, 9.17) is 0 Å². The molecule has 1 atom stereocenters. The molecule has 1 aliphatic heterocycles. The maximum atomic E-state index is 13.8. The van der Waals surface area contributed by atoms with Gasteiger partial charge in [0.05, 0.1) is 6.54 Å². The molecule has 0 saturated heterocycles. The zero-order valence-corrected chi connectivity index (χ0v) is 15.0. The Morgan fingerprint density at radius 3 is 2.92 bits per heavy atom. The third kappa shape index (κ3) is 3.52. The number of fused-ring (bicyclic) bond motifs is 1. The van der Waals surface area contributed by atoms with Crippen LogP contribution in [0.1, 0.15) is 35.4 Å². The van der Waals surface area contributed by atoms with Crippen LogP contribution in [0.4, 0.5) is 4.39 Å². The molecule has 5 heteroatoms. The third-order valence-electron chi connectivity index (χ3n) is 4.72. The normalized spacial score (nSPS) is 17.5. The first-order chi connectivity index (χ1) is 11.6. The Balaban J connectivity index is 1.65. The molecule has 0 aliphatic carbocycles. The molecular weight excluding hydrogens is 323 g/mol. The van der Waals surface area contributed by atoms with Gasteiger partial charge < -0.3 is 4.90 Å². The lowest BCUT2D eigenvalue weighted by atomic mass is 9.98. The number of benzene rings is 1. The van der Waals surface area contributed by atoms with Crippen molar-refractivity contribution in [2.45, 2.75) is 32.4 Å². The predicted octanol–water partition coefficient (Wildman–Crippen LogP) is 3.86. The smallest absolute Gasteiger partial charge is 0.236 e. The van der Waals surface area contributed by atoms with Gasteiger partial charge in [-0.1, -0.05) is 25.1 Å². The first-order valence-electron chi connectivity index (χ1n) is 8.37. The van der Waals surface area contributed by atoms with Crippen LogP contribution >= 0.6 is 11.3 Å². The van der Waals surface area contributed by atoms with Gasteiger partial charge in [0.25, 0.3) is 0 Å². The van der Waals surface area contributed by atoms with E-state index in [1.165, 1.54) is 16.5 Å². The molecule has 1 amide bonds. The zero-order valence-electron chi connectivity index (χ0n) is 14.2. The summed E-state index contributed by atoms with van der Waals surface area (Å²) in [6, 6.07) is 9.13. The molecule has 3 rings (SSSR count). The van der Waals surface area contributed by atoms with E-state index in [-0.39, 0.29) is 11.7 Å². The second kappa shape index (κ2) is 7.45. The summed E-state index contributed by atoms with van der Waals surface area (Å²) < 4.78 is 13.8. The van der Waals surface area contributed by atoms with Gasteiger partial charge in [0.15, 0.2) is 0 Å². The third-order valence-corrected chi connectivity index (χ3v) is 5.72. The van der Waals surface area contributed by atoms with Gasteiger partial charge in [-0.25, -0.2) is 4.39 Å². The Kier molecular flexibility index (Phi) is 5.31. The van der Waals surface area contributed by atoms with Gasteiger partial charge >= 0.3 is 0 Å². The molecule has 3 nitrogen and oxygen atoms in total. The van der Waals surface area contributed by atoms with E-state index in [9.17, 15) is 9.18 Å². The van der Waals surface area contributed by atoms with Gasteiger partial charge in [-0.3, -0.25) is 9.69 Å². The minimum atomic E-state index is -0.260. The lowest BCUT2D eigenvalue weighted by Crippen LogP contribution is -2.42. The number of amides is 1. The van der Waals surface area contributed by atoms with Crippen LogP contribution in [0.2, 0.25) is 0 Å². The predicted molar refractivity (Wildman–Crippen MR) is 95.5 cm³/mol. The largest absolute Gasteiger partial charge is 0.340 e. The van der Waals surface area contributed by atoms with Crippen LogP contribution in [0.3, 0.4) is 0 Å². The van der Waals surface area contributed by atoms with Crippen molar-refractivity contribution in [3.63, 3.8) is 0 Å². The van der Waals surface area contributed by atoms with Gasteiger partial charge in [0, 0.05) is 36.6 Å². The summed E-state index contributed by atoms with van der Waals surface area (Å²) in [5.41, 5.74) is 1.93. The molecule has 1 aromatic heterocycles. The molecule has 0 fully saturated rings. The van der Waals surface area contributed by atoms with Gasteiger partial charge in [-0.2, -0.15) is 0 Å². The van der Waals surface area contributed by atoms with Crippen molar-refractivity contribution in [2.24, 2.45) is 0 Å². The van der Waals surface area contributed by atoms with Crippen molar-refractivity contribution in [3.8, 4) is 0 Å². The number of halogens is 1. The molecule has 24 heavy (non-hydrogen) atoms. The minimum Gasteiger partial charge on any atom is -0.340 e. The Bertz CT molecular complexity index is 715. The lowest BCUT2D eigenvalue weighted by molar-refractivity contribution is -0.132. The van der Waals surface area contributed by atoms with Crippen LogP contribution in [0, 0.1) is 5.82 Å². The second-order valence-electron chi connectivity index (χ2n) is 6.28. The van der Waals surface area contributed by atoms with Crippen LogP contribution in [-0.2, 0) is 17.8 Å². The minimum absolute atomic E-state index is 0.0374. The molecule has 0 radical (unpaired) electrons. The van der Waals surface area contributed by atoms with E-state index in [1.54, 1.807) is 30.1 Å². The van der Waals surface area contributed by atoms with Gasteiger partial charge in [0.2, 0.25) is 5.91 Å². The average molecular weight is 346 g/mol. The molecule has 1 aliphatic rings. The van der Waals surface area contributed by atoms with E-state index in [0.717, 1.165) is 19.4 Å². The van der Waals surface area contributed by atoms with Gasteiger partial charge in [-0.15, -0.1) is 11.3 Å². The Morgan fingerprint density at radius 2 is 2.17 bits per heavy atom. The van der Waals surface area contributed by atoms with Crippen LogP contribution in [-0.4, -0.2) is 35.8 Å². The molecule has 1 unspecified atom stereocenters. The van der Waals surface area contributed by atoms with Crippen molar-refractivity contribution in [1.82, 2.24) is 9.80 Å². The highest BCUT2D eigenvalue weighted by Gasteiger charge is 2.29. The average Bonchev–Trinajstić information content (AvgIpc) is 3.05. The van der Waals surface area contributed by atoms with E-state index in [1.807, 2.05) is 11.3 Å². The Morgan fingerprint density at radius 1 is 1.38 bits per heavy atom. The van der Waals surface area contributed by atoms with Crippen molar-refractivity contribution < 1.29 is 9.18 Å². The summed E-state index contributed by atoms with van der Waals surface area (Å²) >= 11 is 1.81. The highest BCUT2D eigenvalue weighted by molar-refractivity contribution is 7.10. The summed E-state index contributed by atoms with van der Waals surface area (Å²) in [5.74, 6) is -0.222. The number of carbonyl (C=O) groups excluding carboxylic acids is 1. The highest BCUT2D eigenvalue weighted by Crippen LogP contribution is 2.34. The summed E-state index contributed by atoms with van der Waals surface area (Å²) in [6.07, 6.45) is 2.00. The zero-order chi connectivity index (χ0) is 17.1. The summed E-state index contributed by atoms with van der Waals surface area (Å²) in [4.78, 5) is 17.9. The molecule has 128 valence electrons. The molecule has 0 spiro atoms. The number of hydrogen-bond acceptors (Lipinski definition) is 3. The van der Waals surface area contributed by atoms with Gasteiger partial charge in [-0.05, 0) is 35.9 Å². The monoisotopic (exact) mass is 346 g/mol. The van der Waals surface area contributed by atoms with Crippen LogP contribution in [0.15, 0.2) is 35.7 Å². The number of carbonyl (C=O) groups is 1. The molecule has 2 heterocycles. The van der Waals surface area contributed by atoms with Crippen LogP contribution in [0.5, 0.6) is 0 Å². The van der Waals surface area contributed by atoms with Crippen LogP contribution < -0.4 is 0 Å². The lowest BCUT2D eigenvalue weighted by Gasteiger charge is -2.35.